The molecule has 2 amide bonds. The Morgan fingerprint density at radius 2 is 1.70 bits per heavy atom. The monoisotopic (exact) mass is 594 g/mol. The maximum atomic E-state index is 12.4. The van der Waals surface area contributed by atoms with Gasteiger partial charge in [-0.05, 0) is 97.7 Å². The standard InChI is InChI=1S/C28H48N2O8S.Na/c1-16(4-7-24(34)30-15-25(35)29-10-11-39(36,37)38)19-5-6-20-26-21(14-23(33)28(19,20)3)27(2)9-8-18(31)12-17(27)13-22(26)32;/h16-23,26,31-33H,4-15H2,1-3H3,(H,29,35)(H,30,34)(H,36,37,38);/q;+1/p-1/t16-,17+,18-,19-,20+,21+,22-,23+,26+,27+,28-;/m1./s1. The van der Waals surface area contributed by atoms with Crippen LogP contribution in [0.5, 0.6) is 0 Å². The Morgan fingerprint density at radius 1 is 1.00 bits per heavy atom. The zero-order chi connectivity index (χ0) is 28.8. The fourth-order valence-corrected chi connectivity index (χ4v) is 9.69. The van der Waals surface area contributed by atoms with Crippen LogP contribution < -0.4 is 40.2 Å². The summed E-state index contributed by atoms with van der Waals surface area (Å²) < 4.78 is 31.9. The van der Waals surface area contributed by atoms with E-state index in [0.717, 1.165) is 38.5 Å². The summed E-state index contributed by atoms with van der Waals surface area (Å²) in [6.45, 7) is 6.05. The molecule has 0 spiro atoms. The van der Waals surface area contributed by atoms with Crippen LogP contribution in [0, 0.1) is 46.3 Å². The fraction of sp³-hybridized carbons (Fsp3) is 0.929. The Morgan fingerprint density at radius 3 is 2.38 bits per heavy atom. The molecule has 0 radical (unpaired) electrons. The van der Waals surface area contributed by atoms with Gasteiger partial charge in [-0.25, -0.2) is 8.42 Å². The predicted octanol–water partition coefficient (Wildman–Crippen LogP) is -1.85. The summed E-state index contributed by atoms with van der Waals surface area (Å²) in [7, 11) is -4.41. The Bertz CT molecular complexity index is 1030. The first-order valence-electron chi connectivity index (χ1n) is 14.7. The van der Waals surface area contributed by atoms with E-state index in [1.165, 1.54) is 0 Å². The van der Waals surface area contributed by atoms with Crippen molar-refractivity contribution in [1.82, 2.24) is 10.6 Å². The van der Waals surface area contributed by atoms with Crippen LogP contribution in [0.3, 0.4) is 0 Å². The van der Waals surface area contributed by atoms with Crippen LogP contribution in [-0.4, -0.2) is 77.3 Å². The molecular weight excluding hydrogens is 547 g/mol. The Labute approximate surface area is 260 Å². The molecule has 11 atom stereocenters. The van der Waals surface area contributed by atoms with Crippen LogP contribution in [0.25, 0.3) is 0 Å². The quantitative estimate of drug-likeness (QED) is 0.153. The van der Waals surface area contributed by atoms with Gasteiger partial charge in [-0.3, -0.25) is 9.59 Å². The topological polar surface area (TPSA) is 176 Å². The number of amides is 2. The van der Waals surface area contributed by atoms with Crippen molar-refractivity contribution >= 4 is 21.9 Å². The smallest absolute Gasteiger partial charge is 0.748 e. The summed E-state index contributed by atoms with van der Waals surface area (Å²) in [5, 5.41) is 38.2. The molecule has 40 heavy (non-hydrogen) atoms. The van der Waals surface area contributed by atoms with E-state index in [1.807, 2.05) is 0 Å². The molecule has 0 bridgehead atoms. The first-order chi connectivity index (χ1) is 18.2. The van der Waals surface area contributed by atoms with Gasteiger partial charge in [0.1, 0.15) is 0 Å². The molecule has 0 aromatic carbocycles. The first kappa shape index (κ1) is 34.2. The average molecular weight is 595 g/mol. The number of hydrogen-bond acceptors (Lipinski definition) is 8. The minimum Gasteiger partial charge on any atom is -0.748 e. The summed E-state index contributed by atoms with van der Waals surface area (Å²) in [4.78, 5) is 24.2. The molecule has 4 aliphatic carbocycles. The number of carbonyl (C=O) groups excluding carboxylic acids is 2. The second kappa shape index (κ2) is 13.2. The third-order valence-corrected chi connectivity index (χ3v) is 12.2. The van der Waals surface area contributed by atoms with Crippen molar-refractivity contribution in [2.24, 2.45) is 46.3 Å². The second-order valence-electron chi connectivity index (χ2n) is 13.4. The minimum atomic E-state index is -4.41. The van der Waals surface area contributed by atoms with Crippen LogP contribution in [-0.2, 0) is 19.7 Å². The van der Waals surface area contributed by atoms with E-state index in [-0.39, 0.29) is 107 Å². The van der Waals surface area contributed by atoms with Gasteiger partial charge >= 0.3 is 29.6 Å². The molecule has 10 nitrogen and oxygen atoms in total. The molecule has 4 fully saturated rings. The van der Waals surface area contributed by atoms with Gasteiger partial charge in [0.05, 0.1) is 40.7 Å². The summed E-state index contributed by atoms with van der Waals surface area (Å²) in [6.07, 6.45) is 5.39. The molecule has 12 heteroatoms. The molecule has 0 heterocycles. The zero-order valence-electron chi connectivity index (χ0n) is 24.5. The van der Waals surface area contributed by atoms with Crippen molar-refractivity contribution in [3.8, 4) is 0 Å². The van der Waals surface area contributed by atoms with Gasteiger partial charge in [-0.1, -0.05) is 20.8 Å². The minimum absolute atomic E-state index is 0. The summed E-state index contributed by atoms with van der Waals surface area (Å²) >= 11 is 0. The Hall–Kier alpha value is -0.270. The van der Waals surface area contributed by atoms with Crippen molar-refractivity contribution in [2.75, 3.05) is 18.8 Å². The molecular formula is C28H47N2NaO8S. The summed E-state index contributed by atoms with van der Waals surface area (Å²) in [5.41, 5.74) is -0.306. The van der Waals surface area contributed by atoms with Gasteiger partial charge in [0, 0.05) is 13.0 Å². The van der Waals surface area contributed by atoms with E-state index >= 15 is 0 Å². The van der Waals surface area contributed by atoms with Crippen molar-refractivity contribution in [3.05, 3.63) is 0 Å². The fourth-order valence-electron chi connectivity index (χ4n) is 9.34. The molecule has 224 valence electrons. The average Bonchev–Trinajstić information content (AvgIpc) is 3.20. The number of hydrogen-bond donors (Lipinski definition) is 5. The number of rotatable bonds is 9. The molecule has 0 saturated heterocycles. The van der Waals surface area contributed by atoms with E-state index in [9.17, 15) is 37.9 Å². The summed E-state index contributed by atoms with van der Waals surface area (Å²) in [5.74, 6) is -0.259. The second-order valence-corrected chi connectivity index (χ2v) is 15.0. The van der Waals surface area contributed by atoms with Crippen LogP contribution in [0.4, 0.5) is 0 Å². The van der Waals surface area contributed by atoms with Crippen molar-refractivity contribution in [1.29, 1.82) is 0 Å². The molecule has 4 aliphatic rings. The number of fused-ring (bicyclic) bond motifs is 5. The van der Waals surface area contributed by atoms with Gasteiger partial charge in [-0.15, -0.1) is 0 Å². The zero-order valence-corrected chi connectivity index (χ0v) is 27.3. The third kappa shape index (κ3) is 6.93. The third-order valence-electron chi connectivity index (χ3n) is 11.5. The van der Waals surface area contributed by atoms with E-state index in [1.54, 1.807) is 0 Å². The SMILES string of the molecule is C[C@H](CCC(=O)NCC(=O)NCCS(=O)(=O)[O-])[C@H]1CC[C@H]2[C@@H]3[C@H](O)C[C@@H]4C[C@H](O)CC[C@]4(C)[C@H]3C[C@H](O)[C@]12C.[Na+]. The number of aliphatic hydroxyl groups is 3. The Balaban J connectivity index is 0.00000441. The van der Waals surface area contributed by atoms with E-state index in [0.29, 0.717) is 12.8 Å². The van der Waals surface area contributed by atoms with Gasteiger partial charge in [0.25, 0.3) is 0 Å². The maximum absolute atomic E-state index is 12.4. The maximum Gasteiger partial charge on any atom is 1.00 e. The van der Waals surface area contributed by atoms with Crippen LogP contribution in [0.2, 0.25) is 0 Å². The predicted molar refractivity (Wildman–Crippen MR) is 143 cm³/mol. The summed E-state index contributed by atoms with van der Waals surface area (Å²) in [6, 6.07) is 0. The van der Waals surface area contributed by atoms with Gasteiger partial charge in [0.15, 0.2) is 0 Å². The van der Waals surface area contributed by atoms with Crippen LogP contribution in [0.1, 0.15) is 78.6 Å². The normalized spacial score (nSPS) is 41.5. The van der Waals surface area contributed by atoms with Crippen molar-refractivity contribution in [3.63, 3.8) is 0 Å². The van der Waals surface area contributed by atoms with Crippen LogP contribution >= 0.6 is 0 Å². The number of nitrogens with one attached hydrogen (secondary N) is 2. The van der Waals surface area contributed by atoms with E-state index in [4.69, 9.17) is 0 Å². The largest absolute Gasteiger partial charge is 1.00 e. The Kier molecular flexibility index (Phi) is 11.3. The molecule has 0 aliphatic heterocycles. The van der Waals surface area contributed by atoms with Crippen molar-refractivity contribution in [2.45, 2.75) is 96.9 Å². The van der Waals surface area contributed by atoms with E-state index in [2.05, 4.69) is 31.4 Å². The molecule has 0 aromatic rings. The first-order valence-corrected chi connectivity index (χ1v) is 16.3. The molecule has 4 saturated carbocycles. The molecule has 0 aromatic heterocycles. The molecule has 4 rings (SSSR count). The van der Waals surface area contributed by atoms with Crippen molar-refractivity contribution < 1.29 is 67.4 Å². The van der Waals surface area contributed by atoms with Gasteiger partial charge in [0.2, 0.25) is 11.8 Å². The number of carbonyl (C=O) groups is 2. The van der Waals surface area contributed by atoms with Crippen LogP contribution in [0.15, 0.2) is 0 Å². The van der Waals surface area contributed by atoms with E-state index < -0.39 is 34.0 Å². The van der Waals surface area contributed by atoms with Gasteiger partial charge < -0.3 is 30.5 Å². The molecule has 0 unspecified atom stereocenters. The molecule has 5 N–H and O–H groups in total. The number of aliphatic hydroxyl groups excluding tert-OH is 3. The van der Waals surface area contributed by atoms with Gasteiger partial charge in [-0.2, -0.15) is 0 Å².